The zero-order valence-electron chi connectivity index (χ0n) is 16.9. The fourth-order valence-electron chi connectivity index (χ4n) is 2.40. The maximum Gasteiger partial charge on any atom is 0.428 e. The molecule has 0 aromatic heterocycles. The molecule has 154 valence electrons. The summed E-state index contributed by atoms with van der Waals surface area (Å²) >= 11 is 0. The van der Waals surface area contributed by atoms with Crippen molar-refractivity contribution in [1.82, 2.24) is 5.43 Å². The number of nitrogens with zero attached hydrogens (tertiary/aromatic N) is 1. The number of allylic oxidation sites excluding steroid dienone is 2. The highest BCUT2D eigenvalue weighted by molar-refractivity contribution is 5.71. The molecule has 1 aliphatic rings. The molecule has 0 aromatic rings. The quantitative estimate of drug-likeness (QED) is 0.227. The summed E-state index contributed by atoms with van der Waals surface area (Å²) in [6, 6.07) is 0. The van der Waals surface area contributed by atoms with Crippen LogP contribution in [0.5, 0.6) is 0 Å². The largest absolute Gasteiger partial charge is 0.469 e. The van der Waals surface area contributed by atoms with Crippen LogP contribution in [0.15, 0.2) is 17.3 Å². The second-order valence-corrected chi connectivity index (χ2v) is 7.33. The van der Waals surface area contributed by atoms with Crippen molar-refractivity contribution < 1.29 is 28.5 Å². The molecule has 1 saturated heterocycles. The highest BCUT2D eigenvalue weighted by atomic mass is 16.7. The number of unbranched alkanes of at least 4 members (excludes halogenated alkanes) is 1. The Kier molecular flexibility index (Phi) is 10.0. The van der Waals surface area contributed by atoms with Gasteiger partial charge in [0.15, 0.2) is 6.29 Å². The molecular weight excluding hydrogens is 352 g/mol. The van der Waals surface area contributed by atoms with Crippen molar-refractivity contribution in [2.24, 2.45) is 11.0 Å². The lowest BCUT2D eigenvalue weighted by Crippen LogP contribution is -2.40. The number of ether oxygens (including phenoxy) is 4. The van der Waals surface area contributed by atoms with E-state index in [2.05, 4.69) is 15.3 Å². The van der Waals surface area contributed by atoms with E-state index in [0.29, 0.717) is 13.0 Å². The van der Waals surface area contributed by atoms with Crippen LogP contribution in [0.2, 0.25) is 0 Å². The van der Waals surface area contributed by atoms with Crippen molar-refractivity contribution in [3.8, 4) is 0 Å². The average Bonchev–Trinajstić information content (AvgIpc) is 2.57. The molecule has 0 aliphatic carbocycles. The maximum atomic E-state index is 11.6. The Balaban J connectivity index is 2.44. The fourth-order valence-corrected chi connectivity index (χ4v) is 2.40. The number of carbonyl (C=O) groups excluding carboxylic acids is 2. The van der Waals surface area contributed by atoms with Crippen LogP contribution in [-0.4, -0.2) is 50.0 Å². The van der Waals surface area contributed by atoms with E-state index in [0.717, 1.165) is 19.3 Å². The number of esters is 1. The molecule has 1 N–H and O–H groups in total. The summed E-state index contributed by atoms with van der Waals surface area (Å²) in [6.45, 7) is 7.71. The second-order valence-electron chi connectivity index (χ2n) is 7.33. The average molecular weight is 384 g/mol. The van der Waals surface area contributed by atoms with Crippen LogP contribution in [0.1, 0.15) is 53.4 Å². The number of carbonyl (C=O) groups is 2. The smallest absolute Gasteiger partial charge is 0.428 e. The molecule has 1 heterocycles. The first kappa shape index (κ1) is 23.1. The van der Waals surface area contributed by atoms with E-state index in [9.17, 15) is 9.59 Å². The van der Waals surface area contributed by atoms with Gasteiger partial charge in [-0.2, -0.15) is 5.10 Å². The van der Waals surface area contributed by atoms with E-state index in [-0.39, 0.29) is 24.3 Å². The van der Waals surface area contributed by atoms with E-state index in [1.165, 1.54) is 7.11 Å². The summed E-state index contributed by atoms with van der Waals surface area (Å²) < 4.78 is 21.0. The van der Waals surface area contributed by atoms with Gasteiger partial charge in [0, 0.05) is 12.3 Å². The maximum absolute atomic E-state index is 11.6. The van der Waals surface area contributed by atoms with Gasteiger partial charge in [-0.05, 0) is 47.0 Å². The van der Waals surface area contributed by atoms with Gasteiger partial charge in [-0.25, -0.2) is 10.2 Å². The van der Waals surface area contributed by atoms with Crippen molar-refractivity contribution in [2.45, 2.75) is 71.4 Å². The van der Waals surface area contributed by atoms with Gasteiger partial charge in [-0.15, -0.1) is 0 Å². The lowest BCUT2D eigenvalue weighted by Gasteiger charge is -2.32. The lowest BCUT2D eigenvalue weighted by molar-refractivity contribution is -0.206. The topological polar surface area (TPSA) is 95.5 Å². The minimum atomic E-state index is -0.610. The van der Waals surface area contributed by atoms with E-state index < -0.39 is 11.7 Å². The number of nitrogens with one attached hydrogen (secondary N) is 1. The molecule has 8 heteroatoms. The monoisotopic (exact) mass is 384 g/mol. The lowest BCUT2D eigenvalue weighted by atomic mass is 9.98. The van der Waals surface area contributed by atoms with Crippen molar-refractivity contribution >= 4 is 18.3 Å². The van der Waals surface area contributed by atoms with Crippen molar-refractivity contribution in [1.29, 1.82) is 0 Å². The molecule has 0 bridgehead atoms. The number of hydrazone groups is 1. The molecule has 0 saturated carbocycles. The van der Waals surface area contributed by atoms with Crippen LogP contribution in [-0.2, 0) is 23.7 Å². The Hall–Kier alpha value is -1.93. The van der Waals surface area contributed by atoms with Crippen molar-refractivity contribution in [3.63, 3.8) is 0 Å². The Morgan fingerprint density at radius 3 is 2.70 bits per heavy atom. The van der Waals surface area contributed by atoms with Gasteiger partial charge in [0.2, 0.25) is 0 Å². The molecule has 0 spiro atoms. The minimum Gasteiger partial charge on any atom is -0.469 e. The predicted octanol–water partition coefficient (Wildman–Crippen LogP) is 3.16. The van der Waals surface area contributed by atoms with Gasteiger partial charge in [0.1, 0.15) is 11.7 Å². The van der Waals surface area contributed by atoms with E-state index in [1.54, 1.807) is 27.0 Å². The molecule has 1 aliphatic heterocycles. The molecule has 1 fully saturated rings. The molecular formula is C19H32N2O6. The van der Waals surface area contributed by atoms with Crippen LogP contribution >= 0.6 is 0 Å². The first-order chi connectivity index (χ1) is 12.7. The van der Waals surface area contributed by atoms with Crippen LogP contribution in [0.4, 0.5) is 4.79 Å². The standard InChI is InChI=1S/C19H32N2O6/c1-14-25-13-15(10-8-6-7-9-11-17(22)24-5)16(26-14)12-20-21-18(23)27-19(2,3)4/h6,8,12,14-16H,7,9-11,13H2,1-5H3,(H,21,23)/b8-6-,20-12+/t14-,15+,16+/m1/s1. The highest BCUT2D eigenvalue weighted by Crippen LogP contribution is 2.21. The third-order valence-electron chi connectivity index (χ3n) is 3.72. The molecule has 0 aromatic carbocycles. The van der Waals surface area contributed by atoms with Crippen LogP contribution in [0.3, 0.4) is 0 Å². The summed E-state index contributed by atoms with van der Waals surface area (Å²) in [4.78, 5) is 22.7. The summed E-state index contributed by atoms with van der Waals surface area (Å²) in [6.07, 6.45) is 7.15. The number of hydrogen-bond acceptors (Lipinski definition) is 7. The van der Waals surface area contributed by atoms with Gasteiger partial charge in [-0.1, -0.05) is 12.2 Å². The summed E-state index contributed by atoms with van der Waals surface area (Å²) in [7, 11) is 1.39. The minimum absolute atomic E-state index is 0.0854. The molecule has 3 atom stereocenters. The fraction of sp³-hybridized carbons (Fsp3) is 0.737. The number of methoxy groups -OCH3 is 1. The molecule has 1 amide bonds. The van der Waals surface area contributed by atoms with E-state index >= 15 is 0 Å². The van der Waals surface area contributed by atoms with Crippen LogP contribution in [0, 0.1) is 5.92 Å². The van der Waals surface area contributed by atoms with Gasteiger partial charge in [0.05, 0.1) is 19.9 Å². The Labute approximate surface area is 161 Å². The summed E-state index contributed by atoms with van der Waals surface area (Å²) in [5, 5.41) is 3.94. The van der Waals surface area contributed by atoms with E-state index in [4.69, 9.17) is 14.2 Å². The predicted molar refractivity (Wildman–Crippen MR) is 101 cm³/mol. The number of amides is 1. The zero-order chi connectivity index (χ0) is 20.3. The van der Waals surface area contributed by atoms with Crippen molar-refractivity contribution in [3.05, 3.63) is 12.2 Å². The van der Waals surface area contributed by atoms with Crippen LogP contribution < -0.4 is 5.43 Å². The highest BCUT2D eigenvalue weighted by Gasteiger charge is 2.28. The number of hydrogen-bond donors (Lipinski definition) is 1. The molecule has 1 rings (SSSR count). The number of rotatable bonds is 8. The SMILES string of the molecule is COC(=O)CCC/C=C\C[C@H]1CO[C@@H](C)O[C@H]1/C=N/NC(=O)OC(C)(C)C. The first-order valence-electron chi connectivity index (χ1n) is 9.22. The Morgan fingerprint density at radius 2 is 2.04 bits per heavy atom. The van der Waals surface area contributed by atoms with Crippen LogP contribution in [0.25, 0.3) is 0 Å². The molecule has 0 radical (unpaired) electrons. The Bertz CT molecular complexity index is 527. The van der Waals surface area contributed by atoms with Gasteiger partial charge < -0.3 is 18.9 Å². The molecule has 27 heavy (non-hydrogen) atoms. The summed E-state index contributed by atoms with van der Waals surface area (Å²) in [5.74, 6) is -0.109. The van der Waals surface area contributed by atoms with Gasteiger partial charge in [0.25, 0.3) is 0 Å². The molecule has 0 unspecified atom stereocenters. The second kappa shape index (κ2) is 11.7. The van der Waals surface area contributed by atoms with Gasteiger partial charge >= 0.3 is 12.1 Å². The molecule has 8 nitrogen and oxygen atoms in total. The first-order valence-corrected chi connectivity index (χ1v) is 9.22. The van der Waals surface area contributed by atoms with Crippen molar-refractivity contribution in [2.75, 3.05) is 13.7 Å². The van der Waals surface area contributed by atoms with Gasteiger partial charge in [-0.3, -0.25) is 4.79 Å². The Morgan fingerprint density at radius 1 is 1.30 bits per heavy atom. The zero-order valence-corrected chi connectivity index (χ0v) is 16.9. The third-order valence-corrected chi connectivity index (χ3v) is 3.72. The normalized spacial score (nSPS) is 23.5. The third kappa shape index (κ3) is 10.7. The summed E-state index contributed by atoms with van der Waals surface area (Å²) in [5.41, 5.74) is 1.77. The van der Waals surface area contributed by atoms with E-state index in [1.807, 2.05) is 19.1 Å².